The van der Waals surface area contributed by atoms with Crippen LogP contribution in [0.25, 0.3) is 0 Å². The van der Waals surface area contributed by atoms with E-state index in [-0.39, 0.29) is 10.8 Å². The van der Waals surface area contributed by atoms with Crippen LogP contribution in [0.2, 0.25) is 26.2 Å². The molecule has 0 rings (SSSR count). The van der Waals surface area contributed by atoms with Gasteiger partial charge in [0.1, 0.15) is 10.8 Å². The molecule has 0 N–H and O–H groups in total. The van der Waals surface area contributed by atoms with E-state index in [1.165, 1.54) is 0 Å². The fraction of sp³-hybridized carbons (Fsp3) is 0.800. The lowest BCUT2D eigenvalue weighted by Gasteiger charge is -2.31. The van der Waals surface area contributed by atoms with Crippen molar-refractivity contribution in [2.45, 2.75) is 52.9 Å². The molecule has 0 fully saturated rings. The monoisotopic (exact) mass is 246 g/mol. The van der Waals surface area contributed by atoms with Gasteiger partial charge in [0.15, 0.2) is 8.32 Å². The third-order valence-electron chi connectivity index (χ3n) is 2.22. The predicted molar refractivity (Wildman–Crippen MR) is 66.6 cm³/mol. The standard InChI is InChI=1S/C10H22O3Si2/c1-7-9(11)15(6,10(12)8-2)13-14(3,4)5/h7-8H2,1-6H3. The molecule has 0 aromatic rings. The molecule has 0 bridgehead atoms. The number of hydrogen-bond donors (Lipinski definition) is 0. The van der Waals surface area contributed by atoms with Gasteiger partial charge in [0.25, 0.3) is 0 Å². The predicted octanol–water partition coefficient (Wildman–Crippen LogP) is 2.45. The van der Waals surface area contributed by atoms with Crippen LogP contribution in [0.4, 0.5) is 0 Å². The maximum Gasteiger partial charge on any atom is 0.322 e. The average molecular weight is 246 g/mol. The van der Waals surface area contributed by atoms with Crippen LogP contribution < -0.4 is 0 Å². The summed E-state index contributed by atoms with van der Waals surface area (Å²) in [6.07, 6.45) is 0.803. The van der Waals surface area contributed by atoms with Crippen LogP contribution in [0.3, 0.4) is 0 Å². The number of carbonyl (C=O) groups excluding carboxylic acids is 2. The van der Waals surface area contributed by atoms with Gasteiger partial charge in [0, 0.05) is 12.8 Å². The Morgan fingerprint density at radius 1 is 0.933 bits per heavy atom. The first-order valence-electron chi connectivity index (χ1n) is 5.44. The van der Waals surface area contributed by atoms with Crippen LogP contribution in [0.5, 0.6) is 0 Å². The first kappa shape index (κ1) is 14.7. The Kier molecular flexibility index (Phi) is 5.09. The molecule has 0 saturated heterocycles. The van der Waals surface area contributed by atoms with Crippen molar-refractivity contribution < 1.29 is 13.7 Å². The van der Waals surface area contributed by atoms with Gasteiger partial charge >= 0.3 is 8.32 Å². The maximum absolute atomic E-state index is 11.8. The zero-order valence-electron chi connectivity index (χ0n) is 10.6. The summed E-state index contributed by atoms with van der Waals surface area (Å²) in [7, 11) is -4.64. The van der Waals surface area contributed by atoms with Gasteiger partial charge in [-0.25, -0.2) is 0 Å². The molecule has 0 saturated carbocycles. The van der Waals surface area contributed by atoms with Crippen molar-refractivity contribution in [3.8, 4) is 0 Å². The van der Waals surface area contributed by atoms with Crippen LogP contribution >= 0.6 is 0 Å². The molecule has 88 valence electrons. The second-order valence-electron chi connectivity index (χ2n) is 4.80. The van der Waals surface area contributed by atoms with Gasteiger partial charge < -0.3 is 13.7 Å². The zero-order valence-corrected chi connectivity index (χ0v) is 12.6. The molecule has 0 aliphatic rings. The molecule has 3 nitrogen and oxygen atoms in total. The first-order chi connectivity index (χ1) is 6.67. The minimum Gasteiger partial charge on any atom is -0.446 e. The lowest BCUT2D eigenvalue weighted by atomic mass is 10.5. The minimum absolute atomic E-state index is 0.0248. The number of rotatable bonds is 6. The smallest absolute Gasteiger partial charge is 0.322 e. The van der Waals surface area contributed by atoms with Crippen molar-refractivity contribution in [3.63, 3.8) is 0 Å². The number of hydrogen-bond acceptors (Lipinski definition) is 3. The summed E-state index contributed by atoms with van der Waals surface area (Å²) in [5.74, 6) is 0. The summed E-state index contributed by atoms with van der Waals surface area (Å²) < 4.78 is 5.91. The van der Waals surface area contributed by atoms with Crippen molar-refractivity contribution in [3.05, 3.63) is 0 Å². The van der Waals surface area contributed by atoms with E-state index in [1.807, 2.05) is 19.6 Å². The average Bonchev–Trinajstić information content (AvgIpc) is 2.12. The Morgan fingerprint density at radius 3 is 1.47 bits per heavy atom. The molecular formula is C10H22O3Si2. The summed E-state index contributed by atoms with van der Waals surface area (Å²) in [6, 6.07) is 0. The molecular weight excluding hydrogens is 224 g/mol. The molecule has 0 heterocycles. The summed E-state index contributed by atoms with van der Waals surface area (Å²) in [6.45, 7) is 11.4. The van der Waals surface area contributed by atoms with Crippen molar-refractivity contribution in [1.29, 1.82) is 0 Å². The molecule has 15 heavy (non-hydrogen) atoms. The van der Waals surface area contributed by atoms with E-state index >= 15 is 0 Å². The van der Waals surface area contributed by atoms with Crippen LogP contribution in [-0.4, -0.2) is 27.4 Å². The van der Waals surface area contributed by atoms with E-state index in [9.17, 15) is 9.59 Å². The minimum atomic E-state index is -2.81. The van der Waals surface area contributed by atoms with Crippen molar-refractivity contribution in [2.75, 3.05) is 0 Å². The summed E-state index contributed by atoms with van der Waals surface area (Å²) in [5.41, 5.74) is 0. The van der Waals surface area contributed by atoms with E-state index in [2.05, 4.69) is 0 Å². The van der Waals surface area contributed by atoms with Gasteiger partial charge in [-0.15, -0.1) is 0 Å². The van der Waals surface area contributed by atoms with E-state index < -0.39 is 16.6 Å². The third-order valence-corrected chi connectivity index (χ3v) is 9.13. The highest BCUT2D eigenvalue weighted by Gasteiger charge is 2.46. The highest BCUT2D eigenvalue weighted by atomic mass is 28.4. The van der Waals surface area contributed by atoms with Crippen LogP contribution in [0.1, 0.15) is 26.7 Å². The lowest BCUT2D eigenvalue weighted by molar-refractivity contribution is -0.117. The molecule has 0 aromatic heterocycles. The molecule has 0 unspecified atom stereocenters. The highest BCUT2D eigenvalue weighted by molar-refractivity contribution is 7.22. The first-order valence-corrected chi connectivity index (χ1v) is 11.3. The molecule has 0 aliphatic heterocycles. The second-order valence-corrected chi connectivity index (χ2v) is 13.0. The van der Waals surface area contributed by atoms with Gasteiger partial charge in [-0.1, -0.05) is 13.8 Å². The summed E-state index contributed by atoms with van der Waals surface area (Å²) in [5, 5.41) is 0.0496. The summed E-state index contributed by atoms with van der Waals surface area (Å²) in [4.78, 5) is 23.7. The Morgan fingerprint density at radius 2 is 1.27 bits per heavy atom. The molecule has 0 radical (unpaired) electrons. The molecule has 5 heteroatoms. The summed E-state index contributed by atoms with van der Waals surface area (Å²) >= 11 is 0. The van der Waals surface area contributed by atoms with Crippen LogP contribution in [0, 0.1) is 0 Å². The Balaban J connectivity index is 5.04. The lowest BCUT2D eigenvalue weighted by Crippen LogP contribution is -2.57. The Labute approximate surface area is 94.5 Å². The maximum atomic E-state index is 11.8. The van der Waals surface area contributed by atoms with E-state index in [1.54, 1.807) is 20.4 Å². The third kappa shape index (κ3) is 4.00. The van der Waals surface area contributed by atoms with E-state index in [0.717, 1.165) is 0 Å². The molecule has 0 aliphatic carbocycles. The number of carbonyl (C=O) groups is 2. The topological polar surface area (TPSA) is 43.4 Å². The zero-order chi connectivity index (χ0) is 12.3. The van der Waals surface area contributed by atoms with Crippen LogP contribution in [-0.2, 0) is 13.7 Å². The molecule has 0 atom stereocenters. The Hall–Kier alpha value is -0.266. The van der Waals surface area contributed by atoms with Gasteiger partial charge in [-0.2, -0.15) is 0 Å². The van der Waals surface area contributed by atoms with Crippen molar-refractivity contribution in [2.24, 2.45) is 0 Å². The quantitative estimate of drug-likeness (QED) is 0.676. The molecule has 0 amide bonds. The van der Waals surface area contributed by atoms with Gasteiger partial charge in [0.05, 0.1) is 0 Å². The van der Waals surface area contributed by atoms with Crippen molar-refractivity contribution >= 4 is 27.4 Å². The van der Waals surface area contributed by atoms with E-state index in [4.69, 9.17) is 4.12 Å². The second kappa shape index (κ2) is 5.18. The van der Waals surface area contributed by atoms with Gasteiger partial charge in [-0.05, 0) is 26.2 Å². The molecule has 0 spiro atoms. The molecule has 0 aromatic carbocycles. The Bertz CT molecular complexity index is 240. The van der Waals surface area contributed by atoms with Crippen molar-refractivity contribution in [1.82, 2.24) is 0 Å². The normalized spacial score (nSPS) is 12.7. The largest absolute Gasteiger partial charge is 0.446 e. The fourth-order valence-corrected chi connectivity index (χ4v) is 9.03. The SMILES string of the molecule is CCC(=O)[Si](C)(O[Si](C)(C)C)C(=O)CC. The highest BCUT2D eigenvalue weighted by Crippen LogP contribution is 2.18. The van der Waals surface area contributed by atoms with Gasteiger partial charge in [-0.3, -0.25) is 0 Å². The van der Waals surface area contributed by atoms with Crippen LogP contribution in [0.15, 0.2) is 0 Å². The van der Waals surface area contributed by atoms with E-state index in [0.29, 0.717) is 12.8 Å². The fourth-order valence-electron chi connectivity index (χ4n) is 1.56. The van der Waals surface area contributed by atoms with Gasteiger partial charge in [0.2, 0.25) is 0 Å².